The fraction of sp³-hybridized carbons (Fsp3) is 0.500. The van der Waals surface area contributed by atoms with E-state index in [-0.39, 0.29) is 6.04 Å². The maximum atomic E-state index is 5.95. The first-order valence-electron chi connectivity index (χ1n) is 8.99. The van der Waals surface area contributed by atoms with Crippen LogP contribution in [0.2, 0.25) is 5.15 Å². The molecule has 2 aliphatic rings. The van der Waals surface area contributed by atoms with Gasteiger partial charge in [0.2, 0.25) is 0 Å². The van der Waals surface area contributed by atoms with Gasteiger partial charge in [0.1, 0.15) is 22.6 Å². The lowest BCUT2D eigenvalue weighted by Crippen LogP contribution is -2.44. The molecule has 10 heteroatoms. The molecular weight excluding hydrogens is 400 g/mol. The number of aromatic nitrogens is 3. The largest absolute Gasteiger partial charge is 0.384 e. The number of anilines is 3. The van der Waals surface area contributed by atoms with Crippen LogP contribution in [-0.2, 0) is 9.47 Å². The number of hydrogen-bond donors (Lipinski definition) is 2. The molecule has 0 saturated carbocycles. The third-order valence-corrected chi connectivity index (χ3v) is 5.54. The van der Waals surface area contributed by atoms with Crippen molar-refractivity contribution in [3.63, 3.8) is 0 Å². The molecule has 0 bridgehead atoms. The fourth-order valence-corrected chi connectivity index (χ4v) is 3.47. The normalized spacial score (nSPS) is 19.5. The molecule has 4 rings (SSSR count). The minimum absolute atomic E-state index is 0.224. The summed E-state index contributed by atoms with van der Waals surface area (Å²) in [6, 6.07) is 5.33. The van der Waals surface area contributed by atoms with Gasteiger partial charge in [0, 0.05) is 18.2 Å². The van der Waals surface area contributed by atoms with Crippen LogP contribution in [0.25, 0.3) is 11.4 Å². The number of pyridine rings is 1. The molecule has 2 saturated heterocycles. The highest BCUT2D eigenvalue weighted by Gasteiger charge is 2.21. The number of nitrogens with two attached hydrogens (primary N) is 2. The molecule has 1 atom stereocenters. The van der Waals surface area contributed by atoms with Crippen LogP contribution in [0.15, 0.2) is 18.2 Å². The lowest BCUT2D eigenvalue weighted by molar-refractivity contribution is 0.0457. The third kappa shape index (κ3) is 5.38. The Morgan fingerprint density at radius 2 is 1.82 bits per heavy atom. The second kappa shape index (κ2) is 9.60. The second-order valence-corrected chi connectivity index (χ2v) is 8.12. The van der Waals surface area contributed by atoms with Crippen molar-refractivity contribution < 1.29 is 9.47 Å². The van der Waals surface area contributed by atoms with E-state index >= 15 is 0 Å². The van der Waals surface area contributed by atoms with Gasteiger partial charge in [-0.05, 0) is 25.3 Å². The molecule has 0 spiro atoms. The third-order valence-electron chi connectivity index (χ3n) is 4.41. The number of nitrogen functional groups attached to an aromatic ring is 2. The predicted octanol–water partition coefficient (Wildman–Crippen LogP) is 2.33. The van der Waals surface area contributed by atoms with Gasteiger partial charge in [-0.2, -0.15) is 11.8 Å². The van der Waals surface area contributed by atoms with Gasteiger partial charge in [-0.15, -0.1) is 0 Å². The summed E-state index contributed by atoms with van der Waals surface area (Å²) in [4.78, 5) is 15.0. The SMILES string of the molecule is CC1COCCN1c1cc(N)nc(-c2cc(N)nc(Cl)c2)n1.CSC1COC1. The molecule has 4 heterocycles. The van der Waals surface area contributed by atoms with E-state index in [4.69, 9.17) is 32.5 Å². The number of halogens is 1. The van der Waals surface area contributed by atoms with E-state index < -0.39 is 0 Å². The molecule has 2 aromatic heterocycles. The first kappa shape index (κ1) is 20.9. The summed E-state index contributed by atoms with van der Waals surface area (Å²) in [5.41, 5.74) is 12.4. The predicted molar refractivity (Wildman–Crippen MR) is 115 cm³/mol. The molecule has 28 heavy (non-hydrogen) atoms. The Labute approximate surface area is 174 Å². The van der Waals surface area contributed by atoms with E-state index in [1.54, 1.807) is 18.2 Å². The molecule has 2 aliphatic heterocycles. The van der Waals surface area contributed by atoms with Crippen molar-refractivity contribution in [3.8, 4) is 11.4 Å². The zero-order valence-corrected chi connectivity index (χ0v) is 17.5. The average molecular weight is 425 g/mol. The topological polar surface area (TPSA) is 112 Å². The Morgan fingerprint density at radius 3 is 2.39 bits per heavy atom. The van der Waals surface area contributed by atoms with E-state index in [2.05, 4.69) is 33.0 Å². The Morgan fingerprint density at radius 1 is 1.07 bits per heavy atom. The Hall–Kier alpha value is -1.81. The van der Waals surface area contributed by atoms with Crippen LogP contribution in [0.1, 0.15) is 6.92 Å². The monoisotopic (exact) mass is 424 g/mol. The molecule has 2 fully saturated rings. The van der Waals surface area contributed by atoms with Crippen LogP contribution < -0.4 is 16.4 Å². The van der Waals surface area contributed by atoms with E-state index in [1.807, 2.05) is 11.8 Å². The smallest absolute Gasteiger partial charge is 0.164 e. The molecule has 8 nitrogen and oxygen atoms in total. The van der Waals surface area contributed by atoms with Gasteiger partial charge in [0.25, 0.3) is 0 Å². The minimum atomic E-state index is 0.224. The zero-order chi connectivity index (χ0) is 20.1. The Bertz CT molecular complexity index is 785. The molecule has 4 N–H and O–H groups in total. The number of thioether (sulfide) groups is 1. The minimum Gasteiger partial charge on any atom is -0.384 e. The summed E-state index contributed by atoms with van der Waals surface area (Å²) in [5.74, 6) is 1.95. The van der Waals surface area contributed by atoms with Gasteiger partial charge in [-0.3, -0.25) is 0 Å². The van der Waals surface area contributed by atoms with Gasteiger partial charge in [-0.1, -0.05) is 11.6 Å². The maximum Gasteiger partial charge on any atom is 0.164 e. The van der Waals surface area contributed by atoms with Crippen molar-refractivity contribution in [2.75, 3.05) is 55.6 Å². The highest BCUT2D eigenvalue weighted by atomic mass is 35.5. The average Bonchev–Trinajstić information content (AvgIpc) is 2.60. The molecule has 0 radical (unpaired) electrons. The molecule has 1 unspecified atom stereocenters. The Balaban J connectivity index is 0.000000320. The summed E-state index contributed by atoms with van der Waals surface area (Å²) >= 11 is 7.83. The summed E-state index contributed by atoms with van der Waals surface area (Å²) in [6.07, 6.45) is 2.12. The lowest BCUT2D eigenvalue weighted by Gasteiger charge is -2.34. The van der Waals surface area contributed by atoms with Gasteiger partial charge < -0.3 is 25.8 Å². The number of morpholine rings is 1. The van der Waals surface area contributed by atoms with Crippen molar-refractivity contribution >= 4 is 40.8 Å². The number of rotatable bonds is 3. The van der Waals surface area contributed by atoms with Crippen molar-refractivity contribution in [2.24, 2.45) is 0 Å². The number of hydrogen-bond acceptors (Lipinski definition) is 9. The highest BCUT2D eigenvalue weighted by Crippen LogP contribution is 2.26. The van der Waals surface area contributed by atoms with Crippen LogP contribution >= 0.6 is 23.4 Å². The van der Waals surface area contributed by atoms with Gasteiger partial charge in [-0.25, -0.2) is 15.0 Å². The zero-order valence-electron chi connectivity index (χ0n) is 16.0. The van der Waals surface area contributed by atoms with E-state index in [0.29, 0.717) is 41.4 Å². The number of ether oxygens (including phenoxy) is 2. The van der Waals surface area contributed by atoms with Crippen LogP contribution in [0.4, 0.5) is 17.5 Å². The molecule has 0 aliphatic carbocycles. The maximum absolute atomic E-state index is 5.95. The second-order valence-electron chi connectivity index (χ2n) is 6.59. The molecule has 0 aromatic carbocycles. The van der Waals surface area contributed by atoms with E-state index in [0.717, 1.165) is 30.8 Å². The van der Waals surface area contributed by atoms with Crippen LogP contribution in [0.5, 0.6) is 0 Å². The van der Waals surface area contributed by atoms with Gasteiger partial charge in [0.15, 0.2) is 5.82 Å². The first-order chi connectivity index (χ1) is 13.5. The molecule has 152 valence electrons. The summed E-state index contributed by atoms with van der Waals surface area (Å²) in [6.45, 7) is 6.11. The van der Waals surface area contributed by atoms with Gasteiger partial charge >= 0.3 is 0 Å². The standard InChI is InChI=1S/C14H17ClN6O.C4H8OS/c1-8-7-22-3-2-21(8)13-6-12(17)19-14(20-13)9-4-10(15)18-11(16)5-9;1-6-4-2-5-3-4/h4-6,8H,2-3,7H2,1H3,(H2,16,18)(H2,17,19,20);4H,2-3H2,1H3. The number of nitrogens with zero attached hydrogens (tertiary/aromatic N) is 4. The highest BCUT2D eigenvalue weighted by molar-refractivity contribution is 7.99. The van der Waals surface area contributed by atoms with Crippen LogP contribution in [0.3, 0.4) is 0 Å². The van der Waals surface area contributed by atoms with Crippen molar-refractivity contribution in [3.05, 3.63) is 23.4 Å². The quantitative estimate of drug-likeness (QED) is 0.716. The summed E-state index contributed by atoms with van der Waals surface area (Å²) in [7, 11) is 0. The van der Waals surface area contributed by atoms with Crippen molar-refractivity contribution in [1.82, 2.24) is 15.0 Å². The Kier molecular flexibility index (Phi) is 7.17. The van der Waals surface area contributed by atoms with E-state index in [1.165, 1.54) is 0 Å². The fourth-order valence-electron chi connectivity index (χ4n) is 2.79. The first-order valence-corrected chi connectivity index (χ1v) is 10.7. The summed E-state index contributed by atoms with van der Waals surface area (Å²) < 4.78 is 10.4. The van der Waals surface area contributed by atoms with Crippen molar-refractivity contribution in [2.45, 2.75) is 18.2 Å². The molecule has 0 amide bonds. The van der Waals surface area contributed by atoms with Gasteiger partial charge in [0.05, 0.1) is 37.7 Å². The van der Waals surface area contributed by atoms with Crippen molar-refractivity contribution in [1.29, 1.82) is 0 Å². The molecule has 2 aromatic rings. The summed E-state index contributed by atoms with van der Waals surface area (Å²) in [5, 5.41) is 1.10. The van der Waals surface area contributed by atoms with Crippen LogP contribution in [0, 0.1) is 0 Å². The lowest BCUT2D eigenvalue weighted by atomic mass is 10.2. The molecular formula is C18H25ClN6O2S. The van der Waals surface area contributed by atoms with E-state index in [9.17, 15) is 0 Å². The van der Waals surface area contributed by atoms with Crippen LogP contribution in [-0.4, -0.2) is 65.5 Å².